The summed E-state index contributed by atoms with van der Waals surface area (Å²) < 4.78 is 11.8. The monoisotopic (exact) mass is 396 g/mol. The predicted molar refractivity (Wildman–Crippen MR) is 103 cm³/mol. The molecule has 3 rings (SSSR count). The molecule has 1 saturated carbocycles. The average molecular weight is 397 g/mol. The molecular formula is C20H25ClO4S. The highest BCUT2D eigenvalue weighted by Crippen LogP contribution is 2.41. The van der Waals surface area contributed by atoms with E-state index in [1.54, 1.807) is 6.07 Å². The van der Waals surface area contributed by atoms with Crippen molar-refractivity contribution < 1.29 is 19.4 Å². The lowest BCUT2D eigenvalue weighted by Gasteiger charge is -2.28. The van der Waals surface area contributed by atoms with Gasteiger partial charge < -0.3 is 14.6 Å². The summed E-state index contributed by atoms with van der Waals surface area (Å²) in [5, 5.41) is 9.02. The van der Waals surface area contributed by atoms with Crippen LogP contribution in [0.3, 0.4) is 0 Å². The Balaban J connectivity index is 1.51. The number of ether oxygens (including phenoxy) is 2. The third kappa shape index (κ3) is 4.80. The summed E-state index contributed by atoms with van der Waals surface area (Å²) in [6.07, 6.45) is 12.3. The third-order valence-corrected chi connectivity index (χ3v) is 6.91. The summed E-state index contributed by atoms with van der Waals surface area (Å²) in [6, 6.07) is 3.56. The molecule has 0 aromatic carbocycles. The molecule has 142 valence electrons. The van der Waals surface area contributed by atoms with Crippen molar-refractivity contribution in [1.82, 2.24) is 0 Å². The van der Waals surface area contributed by atoms with Crippen LogP contribution >= 0.6 is 22.9 Å². The molecule has 5 atom stereocenters. The zero-order valence-electron chi connectivity index (χ0n) is 14.7. The van der Waals surface area contributed by atoms with Crippen molar-refractivity contribution in [1.29, 1.82) is 0 Å². The molecule has 26 heavy (non-hydrogen) atoms. The highest BCUT2D eigenvalue weighted by atomic mass is 35.5. The lowest BCUT2D eigenvalue weighted by atomic mass is 9.90. The molecule has 2 aliphatic rings. The minimum absolute atomic E-state index is 0.0148. The van der Waals surface area contributed by atoms with Crippen LogP contribution in [0.15, 0.2) is 12.1 Å². The number of thiophene rings is 1. The van der Waals surface area contributed by atoms with E-state index in [0.717, 1.165) is 56.4 Å². The Labute approximate surface area is 163 Å². The van der Waals surface area contributed by atoms with Crippen LogP contribution in [0.25, 0.3) is 0 Å². The number of alkyl halides is 1. The van der Waals surface area contributed by atoms with Gasteiger partial charge in [0.05, 0.1) is 12.0 Å². The molecule has 1 unspecified atom stereocenters. The van der Waals surface area contributed by atoms with Gasteiger partial charge in [-0.15, -0.1) is 35.3 Å². The second-order valence-corrected chi connectivity index (χ2v) is 8.77. The van der Waals surface area contributed by atoms with Gasteiger partial charge in [0.2, 0.25) is 0 Å². The molecule has 6 heteroatoms. The number of carboxylic acids is 1. The molecule has 1 N–H and O–H groups in total. The predicted octanol–water partition coefficient (Wildman–Crippen LogP) is 4.56. The fourth-order valence-corrected chi connectivity index (χ4v) is 5.27. The topological polar surface area (TPSA) is 55.8 Å². The second-order valence-electron chi connectivity index (χ2n) is 7.04. The minimum Gasteiger partial charge on any atom is -0.477 e. The Hall–Kier alpha value is -1.06. The van der Waals surface area contributed by atoms with Crippen molar-refractivity contribution >= 4 is 28.9 Å². The van der Waals surface area contributed by atoms with Crippen LogP contribution in [0.2, 0.25) is 0 Å². The highest BCUT2D eigenvalue weighted by molar-refractivity contribution is 7.13. The maximum absolute atomic E-state index is 11.0. The molecule has 1 aliphatic heterocycles. The Morgan fingerprint density at radius 2 is 2.31 bits per heavy atom. The van der Waals surface area contributed by atoms with Gasteiger partial charge in [0.1, 0.15) is 4.88 Å². The smallest absolute Gasteiger partial charge is 0.345 e. The quantitative estimate of drug-likeness (QED) is 0.542. The van der Waals surface area contributed by atoms with Crippen LogP contribution in [-0.2, 0) is 15.9 Å². The summed E-state index contributed by atoms with van der Waals surface area (Å²) in [5.41, 5.74) is 0. The van der Waals surface area contributed by atoms with Crippen LogP contribution in [-0.4, -0.2) is 35.5 Å². The fraction of sp³-hybridized carbons (Fsp3) is 0.650. The third-order valence-electron chi connectivity index (χ3n) is 5.27. The number of carbonyl (C=O) groups is 1. The number of rotatable bonds is 7. The summed E-state index contributed by atoms with van der Waals surface area (Å²) >= 11 is 7.94. The average Bonchev–Trinajstić information content (AvgIpc) is 3.21. The van der Waals surface area contributed by atoms with E-state index in [0.29, 0.717) is 4.88 Å². The Morgan fingerprint density at radius 3 is 2.96 bits per heavy atom. The van der Waals surface area contributed by atoms with E-state index in [1.165, 1.54) is 11.3 Å². The van der Waals surface area contributed by atoms with Crippen molar-refractivity contribution in [2.45, 2.75) is 62.7 Å². The van der Waals surface area contributed by atoms with Gasteiger partial charge in [-0.1, -0.05) is 0 Å². The number of aryl methyl sites for hydroxylation is 1. The van der Waals surface area contributed by atoms with Gasteiger partial charge in [-0.25, -0.2) is 4.79 Å². The maximum atomic E-state index is 11.0. The van der Waals surface area contributed by atoms with Gasteiger partial charge in [-0.3, -0.25) is 0 Å². The van der Waals surface area contributed by atoms with Crippen LogP contribution < -0.4 is 0 Å². The van der Waals surface area contributed by atoms with Gasteiger partial charge in [-0.05, 0) is 63.0 Å². The summed E-state index contributed by atoms with van der Waals surface area (Å²) in [5.74, 6) is 2.29. The summed E-state index contributed by atoms with van der Waals surface area (Å²) in [6.45, 7) is 0.755. The zero-order valence-corrected chi connectivity index (χ0v) is 16.3. The van der Waals surface area contributed by atoms with E-state index in [-0.39, 0.29) is 29.6 Å². The Kier molecular flexibility index (Phi) is 6.99. The number of carboxylic acid groups (broad SMARTS) is 1. The molecule has 0 amide bonds. The van der Waals surface area contributed by atoms with E-state index >= 15 is 0 Å². The fourth-order valence-electron chi connectivity index (χ4n) is 3.93. The van der Waals surface area contributed by atoms with E-state index in [2.05, 4.69) is 5.92 Å². The number of hydrogen-bond donors (Lipinski definition) is 1. The van der Waals surface area contributed by atoms with Crippen LogP contribution in [0.1, 0.15) is 53.1 Å². The largest absolute Gasteiger partial charge is 0.477 e. The maximum Gasteiger partial charge on any atom is 0.345 e. The van der Waals surface area contributed by atoms with Gasteiger partial charge in [-0.2, -0.15) is 0 Å². The highest BCUT2D eigenvalue weighted by Gasteiger charge is 2.43. The first kappa shape index (κ1) is 19.7. The molecule has 1 saturated heterocycles. The molecule has 1 aromatic rings. The number of terminal acetylenes is 1. The van der Waals surface area contributed by atoms with Gasteiger partial charge in [0.25, 0.3) is 0 Å². The molecule has 1 aromatic heterocycles. The first-order chi connectivity index (χ1) is 12.6. The molecule has 2 heterocycles. The standard InChI is InChI=1S/C20H25ClO4S/c1-2-14-15(7-5-6-13-9-10-18(26-13)20(22)23)16(21)12-17(14)25-19-8-3-4-11-24-19/h1,9-10,14-17,19H,3-8,11-12H2,(H,22,23)/t14-,15-,16-,17-,19?/m1/s1. The molecule has 4 nitrogen and oxygen atoms in total. The van der Waals surface area contributed by atoms with Gasteiger partial charge in [0.15, 0.2) is 6.29 Å². The van der Waals surface area contributed by atoms with Crippen LogP contribution in [0.4, 0.5) is 0 Å². The van der Waals surface area contributed by atoms with Crippen LogP contribution in [0.5, 0.6) is 0 Å². The molecule has 0 bridgehead atoms. The molecule has 0 spiro atoms. The molecule has 1 aliphatic carbocycles. The summed E-state index contributed by atoms with van der Waals surface area (Å²) in [7, 11) is 0. The Morgan fingerprint density at radius 1 is 1.46 bits per heavy atom. The first-order valence-corrected chi connectivity index (χ1v) is 10.5. The second kappa shape index (κ2) is 9.23. The lowest BCUT2D eigenvalue weighted by Crippen LogP contribution is -2.30. The molecule has 2 fully saturated rings. The SMILES string of the molecule is C#C[C@@H]1[C@@H](CCCc2ccc(C(=O)O)s2)[C@H](Cl)C[C@H]1OC1CCCCO1. The normalized spacial score (nSPS) is 31.6. The zero-order chi connectivity index (χ0) is 18.5. The van der Waals surface area contributed by atoms with Crippen molar-refractivity contribution in [3.8, 4) is 12.3 Å². The van der Waals surface area contributed by atoms with Crippen LogP contribution in [0, 0.1) is 24.2 Å². The van der Waals surface area contributed by atoms with Crippen molar-refractivity contribution in [3.05, 3.63) is 21.9 Å². The molecule has 0 radical (unpaired) electrons. The number of hydrogen-bond acceptors (Lipinski definition) is 4. The van der Waals surface area contributed by atoms with E-state index < -0.39 is 5.97 Å². The van der Waals surface area contributed by atoms with E-state index in [4.69, 9.17) is 32.6 Å². The first-order valence-electron chi connectivity index (χ1n) is 9.27. The van der Waals surface area contributed by atoms with E-state index in [1.807, 2.05) is 6.07 Å². The number of aromatic carboxylic acids is 1. The van der Waals surface area contributed by atoms with Gasteiger partial charge >= 0.3 is 5.97 Å². The van der Waals surface area contributed by atoms with Gasteiger partial charge in [0, 0.05) is 16.9 Å². The number of halogens is 1. The van der Waals surface area contributed by atoms with Crippen molar-refractivity contribution in [2.75, 3.05) is 6.61 Å². The summed E-state index contributed by atoms with van der Waals surface area (Å²) in [4.78, 5) is 12.4. The van der Waals surface area contributed by atoms with Crippen molar-refractivity contribution in [3.63, 3.8) is 0 Å². The lowest BCUT2D eigenvalue weighted by molar-refractivity contribution is -0.192. The van der Waals surface area contributed by atoms with E-state index in [9.17, 15) is 4.79 Å². The Bertz CT molecular complexity index is 646. The minimum atomic E-state index is -0.866. The molecular weight excluding hydrogens is 372 g/mol. The van der Waals surface area contributed by atoms with Crippen molar-refractivity contribution in [2.24, 2.45) is 11.8 Å².